The summed E-state index contributed by atoms with van der Waals surface area (Å²) >= 11 is 3.59. The van der Waals surface area contributed by atoms with Crippen molar-refractivity contribution in [2.45, 2.75) is 25.2 Å². The fourth-order valence-corrected chi connectivity index (χ4v) is 5.31. The minimum atomic E-state index is -1.31. The standard InChI is InChI=1S/C16H19BrSi/c1-18(2,3)16(13-8-5-4-6-9-13)14-10-7-11-15(17)12-14/h4-12,16H,1-3H3. The zero-order valence-electron chi connectivity index (χ0n) is 11.2. The molecule has 0 aromatic heterocycles. The lowest BCUT2D eigenvalue weighted by Crippen LogP contribution is -2.31. The lowest BCUT2D eigenvalue weighted by atomic mass is 10.0. The second kappa shape index (κ2) is 5.41. The molecule has 0 bridgehead atoms. The molecule has 0 aliphatic rings. The first kappa shape index (κ1) is 13.6. The summed E-state index contributed by atoms with van der Waals surface area (Å²) in [5.74, 6) is 0. The van der Waals surface area contributed by atoms with Gasteiger partial charge in [0.1, 0.15) is 0 Å². The van der Waals surface area contributed by atoms with Crippen molar-refractivity contribution in [1.29, 1.82) is 0 Å². The summed E-state index contributed by atoms with van der Waals surface area (Å²) in [6.45, 7) is 7.31. The van der Waals surface area contributed by atoms with Gasteiger partial charge in [0.25, 0.3) is 0 Å². The van der Waals surface area contributed by atoms with Crippen LogP contribution in [0.2, 0.25) is 19.6 Å². The van der Waals surface area contributed by atoms with E-state index in [4.69, 9.17) is 0 Å². The summed E-state index contributed by atoms with van der Waals surface area (Å²) < 4.78 is 1.17. The van der Waals surface area contributed by atoms with Gasteiger partial charge in [-0.15, -0.1) is 0 Å². The Bertz CT molecular complexity index is 514. The third-order valence-electron chi connectivity index (χ3n) is 3.18. The van der Waals surface area contributed by atoms with E-state index in [1.165, 1.54) is 15.6 Å². The summed E-state index contributed by atoms with van der Waals surface area (Å²) in [5, 5.41) is 0. The molecule has 94 valence electrons. The Morgan fingerprint density at radius 1 is 0.833 bits per heavy atom. The van der Waals surface area contributed by atoms with Gasteiger partial charge in [-0.3, -0.25) is 0 Å². The van der Waals surface area contributed by atoms with Crippen LogP contribution in [0.5, 0.6) is 0 Å². The molecule has 0 radical (unpaired) electrons. The van der Waals surface area contributed by atoms with E-state index in [-0.39, 0.29) is 0 Å². The predicted octanol–water partition coefficient (Wildman–Crippen LogP) is 5.46. The van der Waals surface area contributed by atoms with Gasteiger partial charge in [-0.2, -0.15) is 0 Å². The Morgan fingerprint density at radius 3 is 2.00 bits per heavy atom. The topological polar surface area (TPSA) is 0 Å². The fourth-order valence-electron chi connectivity index (χ4n) is 2.52. The summed E-state index contributed by atoms with van der Waals surface area (Å²) in [4.78, 5) is 0. The van der Waals surface area contributed by atoms with Gasteiger partial charge in [-0.1, -0.05) is 78.0 Å². The lowest BCUT2D eigenvalue weighted by molar-refractivity contribution is 1.07. The van der Waals surface area contributed by atoms with E-state index >= 15 is 0 Å². The number of hydrogen-bond donors (Lipinski definition) is 0. The molecular formula is C16H19BrSi. The van der Waals surface area contributed by atoms with Gasteiger partial charge in [-0.05, 0) is 23.3 Å². The van der Waals surface area contributed by atoms with E-state index in [1.54, 1.807) is 0 Å². The van der Waals surface area contributed by atoms with Gasteiger partial charge in [0.2, 0.25) is 0 Å². The molecule has 0 N–H and O–H groups in total. The van der Waals surface area contributed by atoms with Gasteiger partial charge in [0.05, 0.1) is 8.07 Å². The van der Waals surface area contributed by atoms with Gasteiger partial charge in [0.15, 0.2) is 0 Å². The third-order valence-corrected chi connectivity index (χ3v) is 6.07. The minimum absolute atomic E-state index is 0.552. The number of halogens is 1. The van der Waals surface area contributed by atoms with Crippen LogP contribution in [0.4, 0.5) is 0 Å². The highest BCUT2D eigenvalue weighted by Crippen LogP contribution is 2.34. The van der Waals surface area contributed by atoms with Crippen LogP contribution in [0.15, 0.2) is 59.1 Å². The van der Waals surface area contributed by atoms with Gasteiger partial charge in [0, 0.05) is 10.0 Å². The zero-order chi connectivity index (χ0) is 13.2. The summed E-state index contributed by atoms with van der Waals surface area (Å²) in [7, 11) is -1.31. The number of rotatable bonds is 3. The van der Waals surface area contributed by atoms with E-state index in [0.717, 1.165) is 0 Å². The fraction of sp³-hybridized carbons (Fsp3) is 0.250. The van der Waals surface area contributed by atoms with Crippen LogP contribution in [0.3, 0.4) is 0 Å². The summed E-state index contributed by atoms with van der Waals surface area (Å²) in [6, 6.07) is 19.6. The van der Waals surface area contributed by atoms with Crippen LogP contribution in [-0.4, -0.2) is 8.07 Å². The van der Waals surface area contributed by atoms with Crippen LogP contribution in [0.25, 0.3) is 0 Å². The van der Waals surface area contributed by atoms with Crippen molar-refractivity contribution < 1.29 is 0 Å². The Hall–Kier alpha value is -0.863. The summed E-state index contributed by atoms with van der Waals surface area (Å²) in [5.41, 5.74) is 3.42. The average molecular weight is 319 g/mol. The van der Waals surface area contributed by atoms with Crippen molar-refractivity contribution in [1.82, 2.24) is 0 Å². The zero-order valence-corrected chi connectivity index (χ0v) is 13.7. The quantitative estimate of drug-likeness (QED) is 0.659. The summed E-state index contributed by atoms with van der Waals surface area (Å²) in [6.07, 6.45) is 0. The molecule has 0 heterocycles. The van der Waals surface area contributed by atoms with Crippen molar-refractivity contribution in [3.05, 3.63) is 70.2 Å². The average Bonchev–Trinajstić information content (AvgIpc) is 2.28. The molecule has 0 aliphatic heterocycles. The molecule has 0 fully saturated rings. The molecule has 18 heavy (non-hydrogen) atoms. The first-order valence-electron chi connectivity index (χ1n) is 6.29. The van der Waals surface area contributed by atoms with Crippen molar-refractivity contribution >= 4 is 24.0 Å². The van der Waals surface area contributed by atoms with Crippen LogP contribution in [0.1, 0.15) is 16.7 Å². The van der Waals surface area contributed by atoms with Crippen LogP contribution in [0, 0.1) is 0 Å². The maximum absolute atomic E-state index is 3.59. The van der Waals surface area contributed by atoms with Crippen molar-refractivity contribution in [3.8, 4) is 0 Å². The van der Waals surface area contributed by atoms with Gasteiger partial charge >= 0.3 is 0 Å². The lowest BCUT2D eigenvalue weighted by Gasteiger charge is -2.30. The minimum Gasteiger partial charge on any atom is -0.0688 e. The Morgan fingerprint density at radius 2 is 1.44 bits per heavy atom. The maximum Gasteiger partial charge on any atom is 0.0573 e. The Balaban J connectivity index is 2.51. The first-order chi connectivity index (χ1) is 8.48. The predicted molar refractivity (Wildman–Crippen MR) is 85.8 cm³/mol. The van der Waals surface area contributed by atoms with Crippen molar-refractivity contribution in [2.75, 3.05) is 0 Å². The second-order valence-corrected chi connectivity index (χ2v) is 12.0. The van der Waals surface area contributed by atoms with E-state index in [1.807, 2.05) is 0 Å². The normalized spacial score (nSPS) is 13.3. The Kier molecular flexibility index (Phi) is 4.08. The number of hydrogen-bond acceptors (Lipinski definition) is 0. The highest BCUT2D eigenvalue weighted by Gasteiger charge is 2.29. The maximum atomic E-state index is 3.59. The molecule has 2 aromatic rings. The van der Waals surface area contributed by atoms with Crippen molar-refractivity contribution in [2.24, 2.45) is 0 Å². The molecule has 1 unspecified atom stereocenters. The molecule has 1 atom stereocenters. The molecule has 0 saturated heterocycles. The highest BCUT2D eigenvalue weighted by molar-refractivity contribution is 9.10. The molecular weight excluding hydrogens is 300 g/mol. The monoisotopic (exact) mass is 318 g/mol. The molecule has 2 heteroatoms. The molecule has 2 rings (SSSR count). The van der Waals surface area contributed by atoms with E-state index < -0.39 is 8.07 Å². The Labute approximate surface area is 119 Å². The molecule has 0 aliphatic carbocycles. The molecule has 0 spiro atoms. The smallest absolute Gasteiger partial charge is 0.0573 e. The second-order valence-electron chi connectivity index (χ2n) is 5.76. The third kappa shape index (κ3) is 3.12. The largest absolute Gasteiger partial charge is 0.0688 e. The highest BCUT2D eigenvalue weighted by atomic mass is 79.9. The van der Waals surface area contributed by atoms with E-state index in [2.05, 4.69) is 90.2 Å². The molecule has 0 saturated carbocycles. The van der Waals surface area contributed by atoms with Gasteiger partial charge in [-0.25, -0.2) is 0 Å². The van der Waals surface area contributed by atoms with Crippen LogP contribution in [-0.2, 0) is 0 Å². The molecule has 0 nitrogen and oxygen atoms in total. The molecule has 2 aromatic carbocycles. The van der Waals surface area contributed by atoms with E-state index in [0.29, 0.717) is 5.54 Å². The van der Waals surface area contributed by atoms with Gasteiger partial charge < -0.3 is 0 Å². The number of benzene rings is 2. The molecule has 0 amide bonds. The van der Waals surface area contributed by atoms with E-state index in [9.17, 15) is 0 Å². The van der Waals surface area contributed by atoms with Crippen molar-refractivity contribution in [3.63, 3.8) is 0 Å². The van der Waals surface area contributed by atoms with Crippen LogP contribution < -0.4 is 0 Å². The SMILES string of the molecule is C[Si](C)(C)C(c1ccccc1)c1cccc(Br)c1. The first-order valence-corrected chi connectivity index (χ1v) is 10.7. The van der Waals surface area contributed by atoms with Crippen LogP contribution >= 0.6 is 15.9 Å².